The number of carbonyl (C=O) groups is 1. The van der Waals surface area contributed by atoms with E-state index in [1.165, 1.54) is 10.9 Å². The van der Waals surface area contributed by atoms with Crippen molar-refractivity contribution in [3.63, 3.8) is 0 Å². The number of hydrogen-bond donors (Lipinski definition) is 0. The summed E-state index contributed by atoms with van der Waals surface area (Å²) in [7, 11) is 0. The van der Waals surface area contributed by atoms with Crippen molar-refractivity contribution in [2.75, 3.05) is 20.0 Å². The van der Waals surface area contributed by atoms with Gasteiger partial charge in [-0.3, -0.25) is 4.79 Å². The van der Waals surface area contributed by atoms with Crippen LogP contribution in [0.4, 0.5) is 0 Å². The predicted octanol–water partition coefficient (Wildman–Crippen LogP) is 1.36. The summed E-state index contributed by atoms with van der Waals surface area (Å²) in [5.74, 6) is 0.318. The summed E-state index contributed by atoms with van der Waals surface area (Å²) < 4.78 is 16.9. The van der Waals surface area contributed by atoms with E-state index in [1.54, 1.807) is 26.0 Å². The van der Waals surface area contributed by atoms with Gasteiger partial charge in [0.15, 0.2) is 11.5 Å². The standard InChI is InChI=1S/C15H15NO6/c1-3-19-15(18)10-7-16(22-4-2)11-6-13-12(20-8-21-13)5-9(11)14(10)17/h5-7H,3-4,8H2,1-2H3. The lowest BCUT2D eigenvalue weighted by Gasteiger charge is -2.13. The molecule has 2 aromatic rings. The fourth-order valence-electron chi connectivity index (χ4n) is 2.29. The predicted molar refractivity (Wildman–Crippen MR) is 77.4 cm³/mol. The third-order valence-corrected chi connectivity index (χ3v) is 3.23. The zero-order chi connectivity index (χ0) is 15.7. The SMILES string of the molecule is CCOC(=O)c1cn(OCC)c2cc3c(cc2c1=O)OCO3. The highest BCUT2D eigenvalue weighted by atomic mass is 16.7. The van der Waals surface area contributed by atoms with Crippen molar-refractivity contribution < 1.29 is 23.8 Å². The fraction of sp³-hybridized carbons (Fsp3) is 0.333. The highest BCUT2D eigenvalue weighted by Gasteiger charge is 2.21. The second-order valence-corrected chi connectivity index (χ2v) is 4.56. The molecule has 0 unspecified atom stereocenters. The van der Waals surface area contributed by atoms with Gasteiger partial charge in [-0.05, 0) is 19.9 Å². The molecular weight excluding hydrogens is 290 g/mol. The zero-order valence-corrected chi connectivity index (χ0v) is 12.3. The van der Waals surface area contributed by atoms with Gasteiger partial charge < -0.3 is 19.0 Å². The molecule has 0 atom stereocenters. The summed E-state index contributed by atoms with van der Waals surface area (Å²) in [6.45, 7) is 4.14. The number of hydrogen-bond acceptors (Lipinski definition) is 6. The van der Waals surface area contributed by atoms with E-state index < -0.39 is 11.4 Å². The van der Waals surface area contributed by atoms with Gasteiger partial charge in [-0.1, -0.05) is 0 Å². The summed E-state index contributed by atoms with van der Waals surface area (Å²) in [4.78, 5) is 30.0. The van der Waals surface area contributed by atoms with Gasteiger partial charge in [-0.15, -0.1) is 0 Å². The van der Waals surface area contributed by atoms with Crippen molar-refractivity contribution in [2.24, 2.45) is 0 Å². The summed E-state index contributed by atoms with van der Waals surface area (Å²) in [5, 5.41) is 0.309. The van der Waals surface area contributed by atoms with Crippen LogP contribution in [-0.2, 0) is 4.74 Å². The second kappa shape index (κ2) is 5.59. The number of esters is 1. The first-order valence-electron chi connectivity index (χ1n) is 6.95. The van der Waals surface area contributed by atoms with Gasteiger partial charge >= 0.3 is 5.97 Å². The van der Waals surface area contributed by atoms with Crippen LogP contribution in [0.3, 0.4) is 0 Å². The van der Waals surface area contributed by atoms with Crippen LogP contribution in [0.1, 0.15) is 24.2 Å². The second-order valence-electron chi connectivity index (χ2n) is 4.56. The number of aromatic nitrogens is 1. The van der Waals surface area contributed by atoms with Gasteiger partial charge in [0, 0.05) is 6.07 Å². The molecule has 0 bridgehead atoms. The van der Waals surface area contributed by atoms with E-state index in [4.69, 9.17) is 19.0 Å². The van der Waals surface area contributed by atoms with Crippen LogP contribution in [0.2, 0.25) is 0 Å². The first kappa shape index (κ1) is 14.2. The average Bonchev–Trinajstić information content (AvgIpc) is 2.96. The highest BCUT2D eigenvalue weighted by molar-refractivity contribution is 5.94. The van der Waals surface area contributed by atoms with E-state index in [1.807, 2.05) is 0 Å². The van der Waals surface area contributed by atoms with Crippen LogP contribution in [0, 0.1) is 0 Å². The molecule has 116 valence electrons. The van der Waals surface area contributed by atoms with Crippen LogP contribution < -0.4 is 19.7 Å². The molecule has 7 heteroatoms. The average molecular weight is 305 g/mol. The highest BCUT2D eigenvalue weighted by Crippen LogP contribution is 2.35. The third-order valence-electron chi connectivity index (χ3n) is 3.23. The maximum Gasteiger partial charge on any atom is 0.343 e. The van der Waals surface area contributed by atoms with Crippen LogP contribution >= 0.6 is 0 Å². The molecule has 7 nitrogen and oxygen atoms in total. The Balaban J connectivity index is 2.27. The molecule has 0 N–H and O–H groups in total. The molecule has 1 aliphatic heterocycles. The van der Waals surface area contributed by atoms with E-state index in [0.717, 1.165) is 0 Å². The van der Waals surface area contributed by atoms with Gasteiger partial charge in [-0.2, -0.15) is 4.73 Å². The molecule has 3 rings (SSSR count). The lowest BCUT2D eigenvalue weighted by atomic mass is 10.1. The Kier molecular flexibility index (Phi) is 3.62. The van der Waals surface area contributed by atoms with Crippen molar-refractivity contribution in [3.05, 3.63) is 34.1 Å². The topological polar surface area (TPSA) is 76.0 Å². The molecule has 1 aromatic heterocycles. The largest absolute Gasteiger partial charge is 0.462 e. The number of benzene rings is 1. The van der Waals surface area contributed by atoms with Crippen LogP contribution in [-0.4, -0.2) is 30.7 Å². The Labute approximate surface area is 125 Å². The molecular formula is C15H15NO6. The van der Waals surface area contributed by atoms with Crippen LogP contribution in [0.5, 0.6) is 11.5 Å². The quantitative estimate of drug-likeness (QED) is 0.794. The zero-order valence-electron chi connectivity index (χ0n) is 12.3. The molecule has 0 radical (unpaired) electrons. The number of nitrogens with zero attached hydrogens (tertiary/aromatic N) is 1. The van der Waals surface area contributed by atoms with Crippen molar-refractivity contribution in [1.29, 1.82) is 0 Å². The van der Waals surface area contributed by atoms with Gasteiger partial charge in [-0.25, -0.2) is 4.79 Å². The molecule has 0 saturated carbocycles. The third kappa shape index (κ3) is 2.24. The van der Waals surface area contributed by atoms with Gasteiger partial charge in [0.2, 0.25) is 12.2 Å². The fourth-order valence-corrected chi connectivity index (χ4v) is 2.29. The molecule has 2 heterocycles. The van der Waals surface area contributed by atoms with E-state index in [-0.39, 0.29) is 19.0 Å². The number of pyridine rings is 1. The number of ether oxygens (including phenoxy) is 3. The molecule has 0 aliphatic carbocycles. The molecule has 22 heavy (non-hydrogen) atoms. The molecule has 0 fully saturated rings. The maximum atomic E-state index is 12.5. The molecule has 0 amide bonds. The Hall–Kier alpha value is -2.70. The minimum absolute atomic E-state index is 0.0818. The molecule has 1 aliphatic rings. The lowest BCUT2D eigenvalue weighted by Crippen LogP contribution is -2.23. The van der Waals surface area contributed by atoms with Crippen molar-refractivity contribution >= 4 is 16.9 Å². The van der Waals surface area contributed by atoms with E-state index in [9.17, 15) is 9.59 Å². The van der Waals surface area contributed by atoms with Crippen LogP contribution in [0.25, 0.3) is 10.9 Å². The van der Waals surface area contributed by atoms with Crippen molar-refractivity contribution in [3.8, 4) is 11.5 Å². The minimum atomic E-state index is -0.680. The molecule has 0 spiro atoms. The maximum absolute atomic E-state index is 12.5. The Bertz CT molecular complexity index is 795. The Morgan fingerprint density at radius 1 is 1.23 bits per heavy atom. The number of carbonyl (C=O) groups excluding carboxylic acids is 1. The van der Waals surface area contributed by atoms with Gasteiger partial charge in [0.05, 0.1) is 23.7 Å². The van der Waals surface area contributed by atoms with E-state index in [0.29, 0.717) is 29.0 Å². The number of rotatable bonds is 4. The van der Waals surface area contributed by atoms with E-state index in [2.05, 4.69) is 0 Å². The van der Waals surface area contributed by atoms with Crippen LogP contribution in [0.15, 0.2) is 23.1 Å². The lowest BCUT2D eigenvalue weighted by molar-refractivity contribution is 0.0518. The monoisotopic (exact) mass is 305 g/mol. The summed E-state index contributed by atoms with van der Waals surface area (Å²) in [6, 6.07) is 3.21. The molecule has 1 aromatic carbocycles. The first-order valence-corrected chi connectivity index (χ1v) is 6.95. The summed E-state index contributed by atoms with van der Waals surface area (Å²) in [5.41, 5.74) is -0.00600. The van der Waals surface area contributed by atoms with Crippen molar-refractivity contribution in [1.82, 2.24) is 4.73 Å². The van der Waals surface area contributed by atoms with Gasteiger partial charge in [0.1, 0.15) is 12.2 Å². The van der Waals surface area contributed by atoms with Crippen molar-refractivity contribution in [2.45, 2.75) is 13.8 Å². The first-order chi connectivity index (χ1) is 10.7. The smallest absolute Gasteiger partial charge is 0.343 e. The molecule has 0 saturated heterocycles. The summed E-state index contributed by atoms with van der Waals surface area (Å²) in [6.07, 6.45) is 1.34. The van der Waals surface area contributed by atoms with E-state index >= 15 is 0 Å². The Morgan fingerprint density at radius 2 is 1.95 bits per heavy atom. The number of fused-ring (bicyclic) bond motifs is 2. The Morgan fingerprint density at radius 3 is 2.64 bits per heavy atom. The van der Waals surface area contributed by atoms with Gasteiger partial charge in [0.25, 0.3) is 0 Å². The summed E-state index contributed by atoms with van der Waals surface area (Å²) >= 11 is 0. The minimum Gasteiger partial charge on any atom is -0.462 e. The normalized spacial score (nSPS) is 12.5.